The Kier molecular flexibility index (Phi) is 4.86. The molecule has 1 rings (SSSR count). The van der Waals surface area contributed by atoms with E-state index in [4.69, 9.17) is 10.2 Å². The monoisotopic (exact) mass is 211 g/mol. The van der Waals surface area contributed by atoms with Crippen LogP contribution < -0.4 is 10.6 Å². The normalized spacial score (nSPS) is 10.4. The van der Waals surface area contributed by atoms with E-state index in [-0.39, 0.29) is 19.3 Å². The average molecular weight is 211 g/mol. The molecule has 5 heteroatoms. The first kappa shape index (κ1) is 11.7. The standard InChI is InChI=1S/C10H17N3O2/c1-2-11-10-5-8(3-4-12-10)13-9(6-14)7-15/h3-5,9,14-15H,2,6-7H2,1H3,(H2,11,12,13). The van der Waals surface area contributed by atoms with E-state index in [1.807, 2.05) is 13.0 Å². The molecule has 0 radical (unpaired) electrons. The number of nitrogens with one attached hydrogen (secondary N) is 2. The summed E-state index contributed by atoms with van der Waals surface area (Å²) in [6.45, 7) is 2.59. The Morgan fingerprint density at radius 3 is 2.73 bits per heavy atom. The molecular weight excluding hydrogens is 194 g/mol. The third-order valence-corrected chi connectivity index (χ3v) is 1.93. The summed E-state index contributed by atoms with van der Waals surface area (Å²) in [6, 6.07) is 3.29. The summed E-state index contributed by atoms with van der Waals surface area (Å²) in [4.78, 5) is 4.11. The van der Waals surface area contributed by atoms with E-state index in [2.05, 4.69) is 15.6 Å². The summed E-state index contributed by atoms with van der Waals surface area (Å²) < 4.78 is 0. The lowest BCUT2D eigenvalue weighted by Gasteiger charge is -2.15. The number of aliphatic hydroxyl groups excluding tert-OH is 2. The van der Waals surface area contributed by atoms with Gasteiger partial charge in [-0.05, 0) is 13.0 Å². The SMILES string of the molecule is CCNc1cc(NC(CO)CO)ccn1. The largest absolute Gasteiger partial charge is 0.394 e. The molecule has 1 aromatic heterocycles. The molecule has 15 heavy (non-hydrogen) atoms. The fourth-order valence-electron chi connectivity index (χ4n) is 1.18. The highest BCUT2D eigenvalue weighted by molar-refractivity contribution is 5.52. The molecule has 0 fully saturated rings. The van der Waals surface area contributed by atoms with Gasteiger partial charge in [-0.2, -0.15) is 0 Å². The average Bonchev–Trinajstić information content (AvgIpc) is 2.27. The summed E-state index contributed by atoms with van der Waals surface area (Å²) in [5, 5.41) is 23.9. The van der Waals surface area contributed by atoms with Crippen molar-refractivity contribution in [1.29, 1.82) is 0 Å². The molecule has 0 saturated carbocycles. The van der Waals surface area contributed by atoms with Gasteiger partial charge in [0.15, 0.2) is 0 Å². The summed E-state index contributed by atoms with van der Waals surface area (Å²) in [5.74, 6) is 0.775. The van der Waals surface area contributed by atoms with Gasteiger partial charge in [-0.3, -0.25) is 0 Å². The molecule has 0 unspecified atom stereocenters. The first-order chi connectivity index (χ1) is 7.30. The molecule has 0 aromatic carbocycles. The van der Waals surface area contributed by atoms with Gasteiger partial charge in [-0.25, -0.2) is 4.98 Å². The van der Waals surface area contributed by atoms with E-state index in [1.54, 1.807) is 12.3 Å². The molecule has 0 spiro atoms. The van der Waals surface area contributed by atoms with E-state index in [0.29, 0.717) is 0 Å². The van der Waals surface area contributed by atoms with Crippen molar-refractivity contribution in [2.45, 2.75) is 13.0 Å². The zero-order chi connectivity index (χ0) is 11.1. The Morgan fingerprint density at radius 2 is 2.13 bits per heavy atom. The molecule has 0 saturated heterocycles. The molecule has 5 nitrogen and oxygen atoms in total. The third kappa shape index (κ3) is 3.73. The van der Waals surface area contributed by atoms with Crippen molar-refractivity contribution in [2.75, 3.05) is 30.4 Å². The molecule has 4 N–H and O–H groups in total. The lowest BCUT2D eigenvalue weighted by atomic mass is 10.3. The second-order valence-electron chi connectivity index (χ2n) is 3.17. The van der Waals surface area contributed by atoms with Crippen LogP contribution in [0.3, 0.4) is 0 Å². The Labute approximate surface area is 89.2 Å². The predicted octanol–water partition coefficient (Wildman–Crippen LogP) is 0.278. The zero-order valence-corrected chi connectivity index (χ0v) is 8.77. The van der Waals surface area contributed by atoms with Crippen LogP contribution in [0.25, 0.3) is 0 Å². The molecule has 0 amide bonds. The quantitative estimate of drug-likeness (QED) is 0.543. The maximum Gasteiger partial charge on any atom is 0.127 e. The van der Waals surface area contributed by atoms with Gasteiger partial charge < -0.3 is 20.8 Å². The number of hydrogen-bond donors (Lipinski definition) is 4. The molecule has 1 aromatic rings. The van der Waals surface area contributed by atoms with Crippen molar-refractivity contribution in [3.8, 4) is 0 Å². The number of pyridine rings is 1. The molecular formula is C10H17N3O2. The van der Waals surface area contributed by atoms with Gasteiger partial charge in [0.2, 0.25) is 0 Å². The van der Waals surface area contributed by atoms with Crippen molar-refractivity contribution in [3.05, 3.63) is 18.3 Å². The fraction of sp³-hybridized carbons (Fsp3) is 0.500. The number of rotatable bonds is 6. The molecule has 0 aliphatic carbocycles. The fourth-order valence-corrected chi connectivity index (χ4v) is 1.18. The van der Waals surface area contributed by atoms with E-state index in [9.17, 15) is 0 Å². The number of anilines is 2. The van der Waals surface area contributed by atoms with E-state index in [1.165, 1.54) is 0 Å². The van der Waals surface area contributed by atoms with Crippen LogP contribution in [-0.2, 0) is 0 Å². The minimum atomic E-state index is -0.332. The van der Waals surface area contributed by atoms with Crippen LogP contribution in [0.4, 0.5) is 11.5 Å². The van der Waals surface area contributed by atoms with Gasteiger partial charge in [0.25, 0.3) is 0 Å². The summed E-state index contributed by atoms with van der Waals surface area (Å²) >= 11 is 0. The lowest BCUT2D eigenvalue weighted by molar-refractivity contribution is 0.204. The summed E-state index contributed by atoms with van der Waals surface area (Å²) in [6.07, 6.45) is 1.67. The first-order valence-electron chi connectivity index (χ1n) is 4.98. The molecule has 0 atom stereocenters. The van der Waals surface area contributed by atoms with Crippen molar-refractivity contribution in [1.82, 2.24) is 4.98 Å². The van der Waals surface area contributed by atoms with Crippen molar-refractivity contribution < 1.29 is 10.2 Å². The van der Waals surface area contributed by atoms with Gasteiger partial charge in [0.05, 0.1) is 19.3 Å². The van der Waals surface area contributed by atoms with Gasteiger partial charge in [0, 0.05) is 24.5 Å². The second-order valence-corrected chi connectivity index (χ2v) is 3.17. The Bertz CT molecular complexity index is 290. The third-order valence-electron chi connectivity index (χ3n) is 1.93. The van der Waals surface area contributed by atoms with Crippen LogP contribution in [0.1, 0.15) is 6.92 Å². The summed E-state index contributed by atoms with van der Waals surface area (Å²) in [5.41, 5.74) is 0.828. The number of aromatic nitrogens is 1. The highest BCUT2D eigenvalue weighted by Gasteiger charge is 2.05. The topological polar surface area (TPSA) is 77.4 Å². The van der Waals surface area contributed by atoms with E-state index >= 15 is 0 Å². The maximum atomic E-state index is 8.91. The number of aliphatic hydroxyl groups is 2. The van der Waals surface area contributed by atoms with Gasteiger partial charge >= 0.3 is 0 Å². The van der Waals surface area contributed by atoms with Crippen LogP contribution >= 0.6 is 0 Å². The van der Waals surface area contributed by atoms with Crippen LogP contribution in [0, 0.1) is 0 Å². The van der Waals surface area contributed by atoms with E-state index < -0.39 is 0 Å². The zero-order valence-electron chi connectivity index (χ0n) is 8.77. The molecule has 0 aliphatic rings. The van der Waals surface area contributed by atoms with Crippen molar-refractivity contribution in [2.24, 2.45) is 0 Å². The van der Waals surface area contributed by atoms with E-state index in [0.717, 1.165) is 18.1 Å². The molecule has 1 heterocycles. The minimum absolute atomic E-state index is 0.102. The lowest BCUT2D eigenvalue weighted by Crippen LogP contribution is -2.27. The van der Waals surface area contributed by atoms with Crippen LogP contribution in [0.5, 0.6) is 0 Å². The Balaban J connectivity index is 2.64. The Hall–Kier alpha value is -1.33. The minimum Gasteiger partial charge on any atom is -0.394 e. The van der Waals surface area contributed by atoms with Crippen LogP contribution in [-0.4, -0.2) is 41.0 Å². The Morgan fingerprint density at radius 1 is 1.40 bits per heavy atom. The summed E-state index contributed by atoms with van der Waals surface area (Å²) in [7, 11) is 0. The highest BCUT2D eigenvalue weighted by Crippen LogP contribution is 2.12. The van der Waals surface area contributed by atoms with Crippen molar-refractivity contribution in [3.63, 3.8) is 0 Å². The van der Waals surface area contributed by atoms with Crippen molar-refractivity contribution >= 4 is 11.5 Å². The molecule has 0 aliphatic heterocycles. The van der Waals surface area contributed by atoms with Gasteiger partial charge in [-0.1, -0.05) is 0 Å². The van der Waals surface area contributed by atoms with Crippen LogP contribution in [0.15, 0.2) is 18.3 Å². The smallest absolute Gasteiger partial charge is 0.127 e. The first-order valence-corrected chi connectivity index (χ1v) is 4.98. The van der Waals surface area contributed by atoms with Gasteiger partial charge in [-0.15, -0.1) is 0 Å². The maximum absolute atomic E-state index is 8.91. The highest BCUT2D eigenvalue weighted by atomic mass is 16.3. The number of hydrogen-bond acceptors (Lipinski definition) is 5. The predicted molar refractivity (Wildman–Crippen MR) is 60.0 cm³/mol. The number of nitrogens with zero attached hydrogens (tertiary/aromatic N) is 1. The second kappa shape index (κ2) is 6.21. The van der Waals surface area contributed by atoms with Crippen LogP contribution in [0.2, 0.25) is 0 Å². The molecule has 0 bridgehead atoms. The molecule has 84 valence electrons. The van der Waals surface area contributed by atoms with Gasteiger partial charge in [0.1, 0.15) is 5.82 Å².